The van der Waals surface area contributed by atoms with Gasteiger partial charge in [-0.15, -0.1) is 0 Å². The second-order valence-electron chi connectivity index (χ2n) is 3.35. The Morgan fingerprint density at radius 3 is 2.67 bits per heavy atom. The first-order valence-electron chi connectivity index (χ1n) is 4.51. The minimum absolute atomic E-state index is 0.0157. The molecule has 86 valence electrons. The number of Topliss-reactive ketones (excluding diaryl/α,β-unsaturated/α-hetero) is 1. The molecule has 0 N–H and O–H groups in total. The predicted octanol–water partition coefficient (Wildman–Crippen LogP) is 1.43. The summed E-state index contributed by atoms with van der Waals surface area (Å²) in [6, 6.07) is 0. The Labute approximate surface area is 105 Å². The van der Waals surface area contributed by atoms with Gasteiger partial charge < -0.3 is 9.47 Å². The molecule has 0 radical (unpaired) electrons. The Kier molecular flexibility index (Phi) is 4.73. The van der Waals surface area contributed by atoms with Crippen molar-refractivity contribution in [1.82, 2.24) is 0 Å². The van der Waals surface area contributed by atoms with Gasteiger partial charge in [0.05, 0.1) is 29.3 Å². The number of ether oxygens (including phenoxy) is 2. The third-order valence-corrected chi connectivity index (χ3v) is 5.13. The highest BCUT2D eigenvalue weighted by molar-refractivity contribution is 9.12. The van der Waals surface area contributed by atoms with Gasteiger partial charge in [0.2, 0.25) is 0 Å². The highest BCUT2D eigenvalue weighted by atomic mass is 79.9. The number of ketones is 1. The maximum Gasteiger partial charge on any atom is 0.308 e. The van der Waals surface area contributed by atoms with Crippen LogP contribution in [0, 0.1) is 0 Å². The van der Waals surface area contributed by atoms with E-state index in [9.17, 15) is 9.59 Å². The molecule has 0 bridgehead atoms. The van der Waals surface area contributed by atoms with E-state index in [0.29, 0.717) is 0 Å². The fourth-order valence-electron chi connectivity index (χ4n) is 1.38. The van der Waals surface area contributed by atoms with Crippen LogP contribution in [0.2, 0.25) is 0 Å². The lowest BCUT2D eigenvalue weighted by molar-refractivity contribution is -0.151. The first kappa shape index (κ1) is 13.1. The summed E-state index contributed by atoms with van der Waals surface area (Å²) in [5, 5.41) is 0. The van der Waals surface area contributed by atoms with Gasteiger partial charge >= 0.3 is 5.97 Å². The Hall–Kier alpha value is 0.0600. The smallest absolute Gasteiger partial charge is 0.308 e. The van der Waals surface area contributed by atoms with Gasteiger partial charge in [-0.05, 0) is 6.92 Å². The monoisotopic (exact) mass is 342 g/mol. The molecule has 1 heterocycles. The molecule has 4 nitrogen and oxygen atoms in total. The fraction of sp³-hybridized carbons (Fsp3) is 0.778. The van der Waals surface area contributed by atoms with E-state index in [0.717, 1.165) is 0 Å². The molecule has 1 fully saturated rings. The lowest BCUT2D eigenvalue weighted by Gasteiger charge is -2.34. The van der Waals surface area contributed by atoms with Crippen molar-refractivity contribution in [2.75, 3.05) is 7.11 Å². The summed E-state index contributed by atoms with van der Waals surface area (Å²) in [4.78, 5) is 22.1. The molecular formula is C9H12Br2O4. The number of esters is 1. The maximum absolute atomic E-state index is 11.5. The van der Waals surface area contributed by atoms with Crippen molar-refractivity contribution in [2.45, 2.75) is 35.2 Å². The zero-order valence-electron chi connectivity index (χ0n) is 8.41. The van der Waals surface area contributed by atoms with Crippen LogP contribution in [0.25, 0.3) is 0 Å². The van der Waals surface area contributed by atoms with Crippen LogP contribution in [0.3, 0.4) is 0 Å². The number of hydrogen-bond donors (Lipinski definition) is 0. The molecule has 0 aromatic heterocycles. The Morgan fingerprint density at radius 1 is 1.53 bits per heavy atom. The summed E-state index contributed by atoms with van der Waals surface area (Å²) >= 11 is 6.63. The van der Waals surface area contributed by atoms with E-state index in [-0.39, 0.29) is 33.9 Å². The van der Waals surface area contributed by atoms with Crippen LogP contribution in [-0.4, -0.2) is 40.7 Å². The van der Waals surface area contributed by atoms with E-state index in [2.05, 4.69) is 36.6 Å². The highest BCUT2D eigenvalue weighted by Gasteiger charge is 2.41. The van der Waals surface area contributed by atoms with Gasteiger partial charge in [0, 0.05) is 0 Å². The number of methoxy groups -OCH3 is 1. The van der Waals surface area contributed by atoms with Crippen molar-refractivity contribution in [3.63, 3.8) is 0 Å². The standard InChI is InChI=1S/C9H12Br2O4/c1-4-9(13)8(11)7(10)5(15-4)3-6(12)14-2/h4-5,7-8H,3H2,1-2H3/t4-,5-,7?,8?/m0/s1. The second-order valence-corrected chi connectivity index (χ2v) is 5.39. The van der Waals surface area contributed by atoms with Gasteiger partial charge in [-0.1, -0.05) is 31.9 Å². The zero-order valence-corrected chi connectivity index (χ0v) is 11.6. The number of rotatable bonds is 2. The average Bonchev–Trinajstić information content (AvgIpc) is 2.22. The Morgan fingerprint density at radius 2 is 2.13 bits per heavy atom. The van der Waals surface area contributed by atoms with Gasteiger partial charge in [-0.3, -0.25) is 9.59 Å². The summed E-state index contributed by atoms with van der Waals surface area (Å²) in [7, 11) is 1.33. The molecule has 1 rings (SSSR count). The molecule has 0 amide bonds. The number of carbonyl (C=O) groups excluding carboxylic acids is 2. The van der Waals surface area contributed by atoms with E-state index in [1.54, 1.807) is 6.92 Å². The van der Waals surface area contributed by atoms with Crippen LogP contribution in [-0.2, 0) is 19.1 Å². The van der Waals surface area contributed by atoms with Crippen molar-refractivity contribution in [3.05, 3.63) is 0 Å². The fourth-order valence-corrected chi connectivity index (χ4v) is 2.67. The normalized spacial score (nSPS) is 36.4. The average molecular weight is 344 g/mol. The predicted molar refractivity (Wildman–Crippen MR) is 61.4 cm³/mol. The van der Waals surface area contributed by atoms with E-state index < -0.39 is 6.10 Å². The third-order valence-electron chi connectivity index (χ3n) is 2.28. The molecule has 1 aliphatic rings. The lowest BCUT2D eigenvalue weighted by Crippen LogP contribution is -2.49. The van der Waals surface area contributed by atoms with E-state index in [4.69, 9.17) is 4.74 Å². The first-order chi connectivity index (χ1) is 6.97. The molecule has 0 aromatic carbocycles. The molecule has 0 aromatic rings. The quantitative estimate of drug-likeness (QED) is 0.562. The third kappa shape index (κ3) is 3.01. The molecule has 15 heavy (non-hydrogen) atoms. The van der Waals surface area contributed by atoms with E-state index >= 15 is 0 Å². The summed E-state index contributed by atoms with van der Waals surface area (Å²) in [6.45, 7) is 1.68. The van der Waals surface area contributed by atoms with E-state index in [1.807, 2.05) is 0 Å². The molecule has 4 atom stereocenters. The topological polar surface area (TPSA) is 52.6 Å². The van der Waals surface area contributed by atoms with E-state index in [1.165, 1.54) is 7.11 Å². The van der Waals surface area contributed by atoms with Gasteiger partial charge in [0.25, 0.3) is 0 Å². The highest BCUT2D eigenvalue weighted by Crippen LogP contribution is 2.30. The largest absolute Gasteiger partial charge is 0.469 e. The molecular weight excluding hydrogens is 332 g/mol. The molecule has 6 heteroatoms. The summed E-state index contributed by atoms with van der Waals surface area (Å²) in [5.74, 6) is -0.358. The summed E-state index contributed by atoms with van der Waals surface area (Å²) in [5.41, 5.74) is 0. The zero-order chi connectivity index (χ0) is 11.6. The van der Waals surface area contributed by atoms with Crippen molar-refractivity contribution in [1.29, 1.82) is 0 Å². The number of hydrogen-bond acceptors (Lipinski definition) is 4. The van der Waals surface area contributed by atoms with Gasteiger partial charge in [-0.2, -0.15) is 0 Å². The van der Waals surface area contributed by atoms with Gasteiger partial charge in [-0.25, -0.2) is 0 Å². The van der Waals surface area contributed by atoms with Crippen LogP contribution in [0.15, 0.2) is 0 Å². The minimum Gasteiger partial charge on any atom is -0.469 e. The van der Waals surface area contributed by atoms with Crippen LogP contribution >= 0.6 is 31.9 Å². The van der Waals surface area contributed by atoms with Crippen molar-refractivity contribution in [3.8, 4) is 0 Å². The second kappa shape index (κ2) is 5.41. The maximum atomic E-state index is 11.5. The number of halogens is 2. The number of alkyl halides is 2. The summed E-state index contributed by atoms with van der Waals surface area (Å²) < 4.78 is 9.99. The molecule has 1 saturated heterocycles. The molecule has 2 unspecified atom stereocenters. The molecule has 0 saturated carbocycles. The SMILES string of the molecule is COC(=O)C[C@@H]1O[C@@H](C)C(=O)C(Br)C1Br. The van der Waals surface area contributed by atoms with Crippen LogP contribution < -0.4 is 0 Å². The minimum atomic E-state index is -0.488. The van der Waals surface area contributed by atoms with Crippen molar-refractivity contribution >= 4 is 43.6 Å². The molecule has 0 aliphatic carbocycles. The molecule has 1 aliphatic heterocycles. The van der Waals surface area contributed by atoms with Gasteiger partial charge in [0.15, 0.2) is 5.78 Å². The van der Waals surface area contributed by atoms with Crippen molar-refractivity contribution in [2.24, 2.45) is 0 Å². The number of carbonyl (C=O) groups is 2. The van der Waals surface area contributed by atoms with Crippen LogP contribution in [0.1, 0.15) is 13.3 Å². The first-order valence-corrected chi connectivity index (χ1v) is 6.34. The summed E-state index contributed by atoms with van der Waals surface area (Å²) in [6.07, 6.45) is -0.682. The lowest BCUT2D eigenvalue weighted by atomic mass is 10.0. The van der Waals surface area contributed by atoms with Crippen molar-refractivity contribution < 1.29 is 19.1 Å². The Bertz CT molecular complexity index is 269. The van der Waals surface area contributed by atoms with Crippen LogP contribution in [0.4, 0.5) is 0 Å². The Balaban J connectivity index is 2.66. The van der Waals surface area contributed by atoms with Crippen LogP contribution in [0.5, 0.6) is 0 Å². The van der Waals surface area contributed by atoms with Gasteiger partial charge in [0.1, 0.15) is 6.10 Å². The molecule has 0 spiro atoms.